The molecule has 0 saturated carbocycles. The number of benzene rings is 1. The quantitative estimate of drug-likeness (QED) is 0.588. The Hall–Kier alpha value is -2.89. The van der Waals surface area contributed by atoms with E-state index >= 15 is 0 Å². The van der Waals surface area contributed by atoms with E-state index in [0.717, 1.165) is 36.5 Å². The van der Waals surface area contributed by atoms with Crippen molar-refractivity contribution in [3.63, 3.8) is 0 Å². The second-order valence-corrected chi connectivity index (χ2v) is 6.60. The van der Waals surface area contributed by atoms with Crippen molar-refractivity contribution in [3.05, 3.63) is 59.8 Å². The molecule has 0 aliphatic carbocycles. The van der Waals surface area contributed by atoms with Crippen LogP contribution < -0.4 is 10.1 Å². The highest BCUT2D eigenvalue weighted by atomic mass is 16.5. The maximum Gasteiger partial charge on any atom is 0.273 e. The van der Waals surface area contributed by atoms with Gasteiger partial charge in [0.05, 0.1) is 6.61 Å². The van der Waals surface area contributed by atoms with Gasteiger partial charge >= 0.3 is 0 Å². The third kappa shape index (κ3) is 5.06. The minimum atomic E-state index is -0.202. The monoisotopic (exact) mass is 366 g/mol. The molecule has 0 radical (unpaired) electrons. The van der Waals surface area contributed by atoms with Crippen molar-refractivity contribution in [2.24, 2.45) is 0 Å². The molecule has 6 nitrogen and oxygen atoms in total. The van der Waals surface area contributed by atoms with Crippen LogP contribution in [0.2, 0.25) is 0 Å². The number of fused-ring (bicyclic) bond motifs is 1. The molecule has 2 heterocycles. The fourth-order valence-electron chi connectivity index (χ4n) is 2.83. The van der Waals surface area contributed by atoms with Crippen LogP contribution in [-0.4, -0.2) is 33.4 Å². The number of amides is 1. The molecule has 2 aromatic heterocycles. The molecule has 1 amide bonds. The van der Waals surface area contributed by atoms with Gasteiger partial charge < -0.3 is 10.1 Å². The van der Waals surface area contributed by atoms with Gasteiger partial charge in [-0.25, -0.2) is 9.97 Å². The smallest absolute Gasteiger partial charge is 0.273 e. The Labute approximate surface area is 159 Å². The molecule has 3 aromatic rings. The van der Waals surface area contributed by atoms with Crippen molar-refractivity contribution in [1.29, 1.82) is 0 Å². The molecule has 0 fully saturated rings. The van der Waals surface area contributed by atoms with Crippen LogP contribution >= 0.6 is 0 Å². The highest BCUT2D eigenvalue weighted by molar-refractivity contribution is 5.97. The SMILES string of the molecule is CCCCCOc1ccc(CCNC(=O)c2ncn3ccc(C)nc23)cc1. The molecule has 0 unspecified atom stereocenters. The number of imidazole rings is 1. The van der Waals surface area contributed by atoms with Crippen LogP contribution in [-0.2, 0) is 6.42 Å². The standard InChI is InChI=1S/C21H26N4O2/c1-3-4-5-14-27-18-8-6-17(7-9-18)10-12-22-21(26)19-20-24-16(2)11-13-25(20)15-23-19/h6-9,11,13,15H,3-5,10,12,14H2,1-2H3,(H,22,26). The zero-order valence-corrected chi connectivity index (χ0v) is 15.9. The Kier molecular flexibility index (Phi) is 6.41. The van der Waals surface area contributed by atoms with E-state index in [2.05, 4.69) is 22.2 Å². The number of ether oxygens (including phenoxy) is 1. The Balaban J connectivity index is 1.49. The van der Waals surface area contributed by atoms with Gasteiger partial charge in [0.15, 0.2) is 11.3 Å². The fourth-order valence-corrected chi connectivity index (χ4v) is 2.83. The van der Waals surface area contributed by atoms with Crippen LogP contribution in [0.5, 0.6) is 5.75 Å². The highest BCUT2D eigenvalue weighted by Crippen LogP contribution is 2.13. The first kappa shape index (κ1) is 18.9. The number of nitrogens with zero attached hydrogens (tertiary/aromatic N) is 3. The van der Waals surface area contributed by atoms with Crippen molar-refractivity contribution in [2.75, 3.05) is 13.2 Å². The van der Waals surface area contributed by atoms with E-state index in [1.165, 1.54) is 12.8 Å². The molecule has 0 atom stereocenters. The summed E-state index contributed by atoms with van der Waals surface area (Å²) in [4.78, 5) is 21.0. The summed E-state index contributed by atoms with van der Waals surface area (Å²) in [5.41, 5.74) is 2.94. The van der Waals surface area contributed by atoms with Gasteiger partial charge in [0, 0.05) is 18.4 Å². The molecule has 142 valence electrons. The third-order valence-corrected chi connectivity index (χ3v) is 4.38. The van der Waals surface area contributed by atoms with E-state index in [9.17, 15) is 4.79 Å². The van der Waals surface area contributed by atoms with Gasteiger partial charge in [-0.3, -0.25) is 9.20 Å². The van der Waals surface area contributed by atoms with Gasteiger partial charge in [-0.2, -0.15) is 0 Å². The molecule has 27 heavy (non-hydrogen) atoms. The second-order valence-electron chi connectivity index (χ2n) is 6.60. The van der Waals surface area contributed by atoms with Gasteiger partial charge in [-0.1, -0.05) is 31.9 Å². The average Bonchev–Trinajstić information content (AvgIpc) is 3.09. The maximum absolute atomic E-state index is 12.4. The molecular formula is C21H26N4O2. The van der Waals surface area contributed by atoms with Gasteiger partial charge in [-0.05, 0) is 43.5 Å². The van der Waals surface area contributed by atoms with Crippen molar-refractivity contribution in [1.82, 2.24) is 19.7 Å². The molecule has 1 aromatic carbocycles. The van der Waals surface area contributed by atoms with Crippen LogP contribution in [0.4, 0.5) is 0 Å². The van der Waals surface area contributed by atoms with Crippen LogP contribution in [0, 0.1) is 6.92 Å². The van der Waals surface area contributed by atoms with E-state index in [0.29, 0.717) is 17.9 Å². The number of rotatable bonds is 9. The topological polar surface area (TPSA) is 68.5 Å². The van der Waals surface area contributed by atoms with E-state index in [-0.39, 0.29) is 5.91 Å². The highest BCUT2D eigenvalue weighted by Gasteiger charge is 2.14. The number of hydrogen-bond donors (Lipinski definition) is 1. The Morgan fingerprint density at radius 3 is 2.78 bits per heavy atom. The number of aryl methyl sites for hydroxylation is 1. The summed E-state index contributed by atoms with van der Waals surface area (Å²) in [6.45, 7) is 5.38. The molecule has 0 aliphatic heterocycles. The first-order chi connectivity index (χ1) is 13.2. The van der Waals surface area contributed by atoms with E-state index < -0.39 is 0 Å². The van der Waals surface area contributed by atoms with Crippen molar-refractivity contribution in [3.8, 4) is 5.75 Å². The van der Waals surface area contributed by atoms with Gasteiger partial charge in [0.25, 0.3) is 5.91 Å². The first-order valence-corrected chi connectivity index (χ1v) is 9.47. The third-order valence-electron chi connectivity index (χ3n) is 4.38. The molecule has 0 bridgehead atoms. The summed E-state index contributed by atoms with van der Waals surface area (Å²) in [6, 6.07) is 9.93. The van der Waals surface area contributed by atoms with E-state index in [1.807, 2.05) is 43.5 Å². The van der Waals surface area contributed by atoms with Crippen LogP contribution in [0.15, 0.2) is 42.9 Å². The van der Waals surface area contributed by atoms with Crippen LogP contribution in [0.25, 0.3) is 5.65 Å². The Morgan fingerprint density at radius 1 is 1.19 bits per heavy atom. The number of hydrogen-bond acceptors (Lipinski definition) is 4. The summed E-state index contributed by atoms with van der Waals surface area (Å²) >= 11 is 0. The Bertz CT molecular complexity index is 887. The van der Waals surface area contributed by atoms with E-state index in [1.54, 1.807) is 10.7 Å². The lowest BCUT2D eigenvalue weighted by molar-refractivity contribution is 0.0951. The van der Waals surface area contributed by atoms with Crippen molar-refractivity contribution < 1.29 is 9.53 Å². The summed E-state index contributed by atoms with van der Waals surface area (Å²) < 4.78 is 7.47. The number of carbonyl (C=O) groups is 1. The summed E-state index contributed by atoms with van der Waals surface area (Å²) in [5.74, 6) is 0.691. The molecular weight excluding hydrogens is 340 g/mol. The van der Waals surface area contributed by atoms with Gasteiger partial charge in [-0.15, -0.1) is 0 Å². The van der Waals surface area contributed by atoms with Crippen molar-refractivity contribution in [2.45, 2.75) is 39.5 Å². The largest absolute Gasteiger partial charge is 0.494 e. The van der Waals surface area contributed by atoms with Gasteiger partial charge in [0.2, 0.25) is 0 Å². The Morgan fingerprint density at radius 2 is 2.00 bits per heavy atom. The molecule has 1 N–H and O–H groups in total. The normalized spacial score (nSPS) is 10.9. The zero-order valence-electron chi connectivity index (χ0n) is 15.9. The second kappa shape index (κ2) is 9.16. The fraction of sp³-hybridized carbons (Fsp3) is 0.381. The molecule has 0 spiro atoms. The number of aromatic nitrogens is 3. The minimum Gasteiger partial charge on any atom is -0.494 e. The molecule has 3 rings (SSSR count). The summed E-state index contributed by atoms with van der Waals surface area (Å²) in [7, 11) is 0. The number of unbranched alkanes of at least 4 members (excludes halogenated alkanes) is 2. The molecule has 6 heteroatoms. The molecule has 0 saturated heterocycles. The molecule has 0 aliphatic rings. The average molecular weight is 366 g/mol. The minimum absolute atomic E-state index is 0.202. The van der Waals surface area contributed by atoms with Crippen LogP contribution in [0.3, 0.4) is 0 Å². The zero-order chi connectivity index (χ0) is 19.1. The van der Waals surface area contributed by atoms with E-state index in [4.69, 9.17) is 4.74 Å². The first-order valence-electron chi connectivity index (χ1n) is 9.47. The lowest BCUT2D eigenvalue weighted by Crippen LogP contribution is -2.26. The number of nitrogens with one attached hydrogen (secondary N) is 1. The van der Waals surface area contributed by atoms with Crippen LogP contribution in [0.1, 0.15) is 47.9 Å². The summed E-state index contributed by atoms with van der Waals surface area (Å²) in [6.07, 6.45) is 7.68. The predicted octanol–water partition coefficient (Wildman–Crippen LogP) is 3.58. The predicted molar refractivity (Wildman–Crippen MR) is 105 cm³/mol. The number of carbonyl (C=O) groups excluding carboxylic acids is 1. The van der Waals surface area contributed by atoms with Crippen molar-refractivity contribution >= 4 is 11.6 Å². The summed E-state index contributed by atoms with van der Waals surface area (Å²) in [5, 5.41) is 2.92. The lowest BCUT2D eigenvalue weighted by atomic mass is 10.1. The van der Waals surface area contributed by atoms with Gasteiger partial charge in [0.1, 0.15) is 12.1 Å². The lowest BCUT2D eigenvalue weighted by Gasteiger charge is -2.07. The maximum atomic E-state index is 12.4.